The fourth-order valence-electron chi connectivity index (χ4n) is 2.68. The van der Waals surface area contributed by atoms with Gasteiger partial charge in [0.25, 0.3) is 0 Å². The Morgan fingerprint density at radius 1 is 1.22 bits per heavy atom. The predicted molar refractivity (Wildman–Crippen MR) is 107 cm³/mol. The molecule has 1 amide bonds. The van der Waals surface area contributed by atoms with Crippen LogP contribution in [0.2, 0.25) is 0 Å². The number of fused-ring (bicyclic) bond motifs is 1. The lowest BCUT2D eigenvalue weighted by atomic mass is 10.1. The van der Waals surface area contributed by atoms with Crippen molar-refractivity contribution in [2.24, 2.45) is 10.1 Å². The largest absolute Gasteiger partial charge is 0.313 e. The van der Waals surface area contributed by atoms with Gasteiger partial charge in [0.1, 0.15) is 0 Å². The molecule has 3 rings (SSSR count). The minimum absolute atomic E-state index is 0.0314. The second kappa shape index (κ2) is 7.99. The molecule has 0 unspecified atom stereocenters. The average molecular weight is 402 g/mol. The maximum atomic E-state index is 12.3. The SMILES string of the molecule is C=CCn1c(=NC(=O)CCc2ccccc2)sc2cc(S(N)(=O)=O)ccc21. The van der Waals surface area contributed by atoms with Crippen LogP contribution in [-0.4, -0.2) is 18.9 Å². The van der Waals surface area contributed by atoms with E-state index in [1.807, 2.05) is 34.9 Å². The van der Waals surface area contributed by atoms with E-state index in [2.05, 4.69) is 11.6 Å². The zero-order chi connectivity index (χ0) is 19.4. The smallest absolute Gasteiger partial charge is 0.248 e. The first kappa shape index (κ1) is 19.2. The van der Waals surface area contributed by atoms with Gasteiger partial charge in [0, 0.05) is 13.0 Å². The fraction of sp³-hybridized carbons (Fsp3) is 0.158. The topological polar surface area (TPSA) is 94.5 Å². The van der Waals surface area contributed by atoms with Gasteiger partial charge in [-0.05, 0) is 30.2 Å². The number of thiazole rings is 1. The molecule has 27 heavy (non-hydrogen) atoms. The number of benzene rings is 2. The highest BCUT2D eigenvalue weighted by Gasteiger charge is 2.12. The van der Waals surface area contributed by atoms with Crippen LogP contribution in [0.15, 0.2) is 71.1 Å². The first-order chi connectivity index (χ1) is 12.9. The molecule has 3 aromatic rings. The van der Waals surface area contributed by atoms with Crippen molar-refractivity contribution in [2.75, 3.05) is 0 Å². The van der Waals surface area contributed by atoms with Crippen LogP contribution in [-0.2, 0) is 27.8 Å². The summed E-state index contributed by atoms with van der Waals surface area (Å²) < 4.78 is 25.7. The van der Waals surface area contributed by atoms with Crippen molar-refractivity contribution in [3.63, 3.8) is 0 Å². The first-order valence-corrected chi connectivity index (χ1v) is 10.6. The lowest BCUT2D eigenvalue weighted by Crippen LogP contribution is -2.16. The Labute approximate surface area is 161 Å². The van der Waals surface area contributed by atoms with Crippen molar-refractivity contribution < 1.29 is 13.2 Å². The van der Waals surface area contributed by atoms with Crippen molar-refractivity contribution in [3.05, 3.63) is 71.6 Å². The third kappa shape index (κ3) is 4.60. The van der Waals surface area contributed by atoms with Gasteiger partial charge in [0.05, 0.1) is 15.1 Å². The summed E-state index contributed by atoms with van der Waals surface area (Å²) in [6.07, 6.45) is 2.62. The maximum absolute atomic E-state index is 12.3. The number of aryl methyl sites for hydroxylation is 1. The molecule has 0 saturated heterocycles. The zero-order valence-corrected chi connectivity index (χ0v) is 16.2. The minimum Gasteiger partial charge on any atom is -0.313 e. The molecular formula is C19H19N3O3S2. The van der Waals surface area contributed by atoms with Gasteiger partial charge in [-0.3, -0.25) is 4.79 Å². The molecule has 1 heterocycles. The Kier molecular flexibility index (Phi) is 5.69. The van der Waals surface area contributed by atoms with E-state index in [-0.39, 0.29) is 10.8 Å². The maximum Gasteiger partial charge on any atom is 0.248 e. The Morgan fingerprint density at radius 2 is 1.96 bits per heavy atom. The number of allylic oxidation sites excluding steroid dienone is 1. The van der Waals surface area contributed by atoms with Gasteiger partial charge < -0.3 is 4.57 Å². The Balaban J connectivity index is 1.96. The van der Waals surface area contributed by atoms with Crippen molar-refractivity contribution in [1.29, 1.82) is 0 Å². The number of carbonyl (C=O) groups excluding carboxylic acids is 1. The highest BCUT2D eigenvalue weighted by atomic mass is 32.2. The molecule has 0 aliphatic rings. The van der Waals surface area contributed by atoms with Crippen LogP contribution in [0.3, 0.4) is 0 Å². The molecule has 2 aromatic carbocycles. The number of hydrogen-bond acceptors (Lipinski definition) is 4. The molecule has 0 radical (unpaired) electrons. The second-order valence-electron chi connectivity index (χ2n) is 5.95. The third-order valence-electron chi connectivity index (χ3n) is 3.99. The van der Waals surface area contributed by atoms with E-state index in [9.17, 15) is 13.2 Å². The van der Waals surface area contributed by atoms with Crippen LogP contribution >= 0.6 is 11.3 Å². The number of amides is 1. The molecule has 0 spiro atoms. The summed E-state index contributed by atoms with van der Waals surface area (Å²) >= 11 is 1.25. The Morgan fingerprint density at radius 3 is 2.63 bits per heavy atom. The van der Waals surface area contributed by atoms with Crippen molar-refractivity contribution in [1.82, 2.24) is 4.57 Å². The lowest BCUT2D eigenvalue weighted by molar-refractivity contribution is -0.118. The zero-order valence-electron chi connectivity index (χ0n) is 14.5. The first-order valence-electron chi connectivity index (χ1n) is 8.27. The summed E-state index contributed by atoms with van der Waals surface area (Å²) in [5.41, 5.74) is 1.86. The average Bonchev–Trinajstić information content (AvgIpc) is 2.97. The van der Waals surface area contributed by atoms with Crippen molar-refractivity contribution in [2.45, 2.75) is 24.3 Å². The molecule has 0 saturated carbocycles. The normalized spacial score (nSPS) is 12.4. The van der Waals surface area contributed by atoms with Gasteiger partial charge >= 0.3 is 0 Å². The molecule has 2 N–H and O–H groups in total. The van der Waals surface area contributed by atoms with E-state index < -0.39 is 10.0 Å². The highest BCUT2D eigenvalue weighted by molar-refractivity contribution is 7.89. The number of nitrogens with two attached hydrogens (primary N) is 1. The van der Waals surface area contributed by atoms with Crippen LogP contribution in [0.1, 0.15) is 12.0 Å². The van der Waals surface area contributed by atoms with Gasteiger partial charge in [0.15, 0.2) is 4.80 Å². The predicted octanol–water partition coefficient (Wildman–Crippen LogP) is 2.60. The number of aromatic nitrogens is 1. The highest BCUT2D eigenvalue weighted by Crippen LogP contribution is 2.21. The van der Waals surface area contributed by atoms with Gasteiger partial charge in [0.2, 0.25) is 15.9 Å². The molecule has 0 bridgehead atoms. The Bertz CT molecular complexity index is 1160. The van der Waals surface area contributed by atoms with E-state index in [4.69, 9.17) is 5.14 Å². The van der Waals surface area contributed by atoms with Crippen LogP contribution in [0, 0.1) is 0 Å². The van der Waals surface area contributed by atoms with Crippen LogP contribution < -0.4 is 9.94 Å². The molecule has 0 fully saturated rings. The summed E-state index contributed by atoms with van der Waals surface area (Å²) in [6, 6.07) is 14.4. The number of primary sulfonamides is 1. The quantitative estimate of drug-likeness (QED) is 0.643. The number of carbonyl (C=O) groups is 1. The standard InChI is InChI=1S/C19H19N3O3S2/c1-2-12-22-16-10-9-15(27(20,24)25)13-17(16)26-19(22)21-18(23)11-8-14-6-4-3-5-7-14/h2-7,9-10,13H,1,8,11-12H2,(H2,20,24,25). The fourth-order valence-corrected chi connectivity index (χ4v) is 4.39. The van der Waals surface area contributed by atoms with E-state index in [1.54, 1.807) is 12.1 Å². The minimum atomic E-state index is -3.79. The molecule has 8 heteroatoms. The van der Waals surface area contributed by atoms with Crippen LogP contribution in [0.4, 0.5) is 0 Å². The van der Waals surface area contributed by atoms with E-state index in [0.717, 1.165) is 11.1 Å². The number of rotatable bonds is 6. The second-order valence-corrected chi connectivity index (χ2v) is 8.52. The van der Waals surface area contributed by atoms with Crippen LogP contribution in [0.5, 0.6) is 0 Å². The van der Waals surface area contributed by atoms with Gasteiger partial charge in [-0.25, -0.2) is 13.6 Å². The molecule has 1 aromatic heterocycles. The van der Waals surface area contributed by atoms with Gasteiger partial charge in [-0.2, -0.15) is 4.99 Å². The number of hydrogen-bond donors (Lipinski definition) is 1. The Hall–Kier alpha value is -2.55. The molecule has 6 nitrogen and oxygen atoms in total. The summed E-state index contributed by atoms with van der Waals surface area (Å²) in [5.74, 6) is -0.227. The summed E-state index contributed by atoms with van der Waals surface area (Å²) in [5, 5.41) is 5.20. The summed E-state index contributed by atoms with van der Waals surface area (Å²) in [7, 11) is -3.79. The lowest BCUT2D eigenvalue weighted by Gasteiger charge is -2.02. The van der Waals surface area contributed by atoms with E-state index in [1.165, 1.54) is 23.5 Å². The van der Waals surface area contributed by atoms with Gasteiger partial charge in [-0.1, -0.05) is 47.7 Å². The molecule has 0 aliphatic carbocycles. The monoisotopic (exact) mass is 401 g/mol. The molecule has 0 aliphatic heterocycles. The summed E-state index contributed by atoms with van der Waals surface area (Å²) in [6.45, 7) is 4.19. The van der Waals surface area contributed by atoms with Crippen LogP contribution in [0.25, 0.3) is 10.2 Å². The number of nitrogens with zero attached hydrogens (tertiary/aromatic N) is 2. The van der Waals surface area contributed by atoms with Gasteiger partial charge in [-0.15, -0.1) is 6.58 Å². The molecule has 140 valence electrons. The van der Waals surface area contributed by atoms with Crippen molar-refractivity contribution >= 4 is 37.5 Å². The molecular weight excluding hydrogens is 382 g/mol. The van der Waals surface area contributed by atoms with E-state index in [0.29, 0.717) is 28.9 Å². The molecule has 0 atom stereocenters. The summed E-state index contributed by atoms with van der Waals surface area (Å²) in [4.78, 5) is 17.1. The number of sulfonamides is 1. The van der Waals surface area contributed by atoms with E-state index >= 15 is 0 Å². The third-order valence-corrected chi connectivity index (χ3v) is 5.94. The van der Waals surface area contributed by atoms with Crippen molar-refractivity contribution in [3.8, 4) is 0 Å².